The van der Waals surface area contributed by atoms with Crippen LogP contribution in [0, 0.1) is 40.4 Å². The van der Waals surface area contributed by atoms with E-state index in [9.17, 15) is 20.1 Å². The molecule has 2 aliphatic heterocycles. The standard InChI is InChI=1S/C29H42O7/c1-14-8-9-29(34-13-14)15(2)24-21(36-29)11-19-18-7-6-17-10-22(35-16(3)30)25(32)26(33)27(17,4)20(18)12-23(31)28(19,24)5/h6,15,18-26,31-33H,1,7-13H2,2-5H3/t15?,18-,19-,20-,21?,22+,23+,24?,25-,26+,27-,28+,29+/m0/s1. The van der Waals surface area contributed by atoms with Gasteiger partial charge < -0.3 is 29.5 Å². The van der Waals surface area contributed by atoms with Crippen molar-refractivity contribution in [2.24, 2.45) is 40.4 Å². The molecule has 3 N–H and O–H groups in total. The Kier molecular flexibility index (Phi) is 5.65. The number of carbonyl (C=O) groups excluding carboxylic acids is 1. The molecule has 1 spiro atoms. The molecule has 6 rings (SSSR count). The van der Waals surface area contributed by atoms with Crippen molar-refractivity contribution in [1.82, 2.24) is 0 Å². The molecular formula is C29H42O7. The number of ether oxygens (including phenoxy) is 3. The molecule has 0 radical (unpaired) electrons. The quantitative estimate of drug-likeness (QED) is 0.374. The molecule has 7 nitrogen and oxygen atoms in total. The van der Waals surface area contributed by atoms with Gasteiger partial charge in [-0.3, -0.25) is 4.79 Å². The van der Waals surface area contributed by atoms with Crippen LogP contribution in [0.15, 0.2) is 23.8 Å². The van der Waals surface area contributed by atoms with Gasteiger partial charge in [0.2, 0.25) is 0 Å². The van der Waals surface area contributed by atoms with Gasteiger partial charge in [-0.1, -0.05) is 44.6 Å². The average Bonchev–Trinajstić information content (AvgIpc) is 3.27. The summed E-state index contributed by atoms with van der Waals surface area (Å²) >= 11 is 0. The summed E-state index contributed by atoms with van der Waals surface area (Å²) in [5.74, 6) is -0.0861. The fourth-order valence-corrected chi connectivity index (χ4v) is 9.83. The van der Waals surface area contributed by atoms with Crippen molar-refractivity contribution in [3.8, 4) is 0 Å². The number of rotatable bonds is 1. The molecule has 0 aromatic heterocycles. The summed E-state index contributed by atoms with van der Waals surface area (Å²) in [6.45, 7) is 12.5. The minimum absolute atomic E-state index is 0.0332. The second-order valence-electron chi connectivity index (χ2n) is 13.1. The van der Waals surface area contributed by atoms with Crippen LogP contribution in [0.4, 0.5) is 0 Å². The Hall–Kier alpha value is -1.25. The minimum atomic E-state index is -1.15. The van der Waals surface area contributed by atoms with Crippen molar-refractivity contribution in [2.75, 3.05) is 6.61 Å². The summed E-state index contributed by atoms with van der Waals surface area (Å²) in [7, 11) is 0. The van der Waals surface area contributed by atoms with Gasteiger partial charge in [-0.05, 0) is 43.4 Å². The molecule has 0 amide bonds. The van der Waals surface area contributed by atoms with Crippen LogP contribution in [0.2, 0.25) is 0 Å². The van der Waals surface area contributed by atoms with E-state index in [0.29, 0.717) is 19.4 Å². The van der Waals surface area contributed by atoms with Crippen LogP contribution >= 0.6 is 0 Å². The lowest BCUT2D eigenvalue weighted by Crippen LogP contribution is -2.63. The largest absolute Gasteiger partial charge is 0.459 e. The molecule has 5 fully saturated rings. The van der Waals surface area contributed by atoms with Gasteiger partial charge in [-0.2, -0.15) is 0 Å². The minimum Gasteiger partial charge on any atom is -0.459 e. The zero-order valence-electron chi connectivity index (χ0n) is 22.0. The monoisotopic (exact) mass is 502 g/mol. The first-order valence-corrected chi connectivity index (χ1v) is 13.8. The zero-order valence-corrected chi connectivity index (χ0v) is 22.0. The fourth-order valence-electron chi connectivity index (χ4n) is 9.83. The van der Waals surface area contributed by atoms with Crippen molar-refractivity contribution < 1.29 is 34.3 Å². The Labute approximate surface area is 213 Å². The smallest absolute Gasteiger partial charge is 0.303 e. The van der Waals surface area contributed by atoms with Gasteiger partial charge >= 0.3 is 5.97 Å². The molecule has 0 aromatic rings. The van der Waals surface area contributed by atoms with Gasteiger partial charge in [0.15, 0.2) is 5.79 Å². The van der Waals surface area contributed by atoms with Crippen molar-refractivity contribution in [1.29, 1.82) is 0 Å². The Morgan fingerprint density at radius 3 is 2.61 bits per heavy atom. The van der Waals surface area contributed by atoms with E-state index in [1.165, 1.54) is 6.92 Å². The van der Waals surface area contributed by atoms with Crippen LogP contribution in [0.5, 0.6) is 0 Å². The molecule has 36 heavy (non-hydrogen) atoms. The number of aliphatic hydroxyl groups excluding tert-OH is 3. The third-order valence-electron chi connectivity index (χ3n) is 11.7. The van der Waals surface area contributed by atoms with Gasteiger partial charge in [-0.25, -0.2) is 0 Å². The SMILES string of the molecule is C=C1CC[C@@]2(OC1)OC1C[C@H]3[C@@H]4CC=C5C[C@@H](OC(C)=O)[C@H](O)[C@@H](O)[C@]5(C)[C@H]4C[C@@H](O)[C@]3(C)C1C2C. The van der Waals surface area contributed by atoms with Crippen LogP contribution in [-0.4, -0.2) is 64.2 Å². The van der Waals surface area contributed by atoms with E-state index >= 15 is 0 Å². The van der Waals surface area contributed by atoms with Gasteiger partial charge in [0.1, 0.15) is 12.2 Å². The highest BCUT2D eigenvalue weighted by Gasteiger charge is 2.72. The van der Waals surface area contributed by atoms with Gasteiger partial charge in [-0.15, -0.1) is 0 Å². The van der Waals surface area contributed by atoms with E-state index in [1.807, 2.05) is 6.92 Å². The predicted molar refractivity (Wildman–Crippen MR) is 131 cm³/mol. The maximum absolute atomic E-state index is 11.9. The number of aliphatic hydroxyl groups is 3. The molecule has 3 saturated carbocycles. The zero-order chi connectivity index (χ0) is 25.8. The van der Waals surface area contributed by atoms with Crippen molar-refractivity contribution in [3.05, 3.63) is 23.8 Å². The molecule has 13 atom stereocenters. The van der Waals surface area contributed by atoms with Crippen molar-refractivity contribution in [2.45, 2.75) is 103 Å². The van der Waals surface area contributed by atoms with Gasteiger partial charge in [0.25, 0.3) is 0 Å². The lowest BCUT2D eigenvalue weighted by molar-refractivity contribution is -0.257. The lowest BCUT2D eigenvalue weighted by atomic mass is 9.45. The number of carbonyl (C=O) groups is 1. The highest BCUT2D eigenvalue weighted by Crippen LogP contribution is 2.70. The molecule has 4 aliphatic carbocycles. The molecule has 3 unspecified atom stereocenters. The van der Waals surface area contributed by atoms with Gasteiger partial charge in [0.05, 0.1) is 24.9 Å². The summed E-state index contributed by atoms with van der Waals surface area (Å²) in [4.78, 5) is 11.6. The third-order valence-corrected chi connectivity index (χ3v) is 11.7. The summed E-state index contributed by atoms with van der Waals surface area (Å²) in [5, 5.41) is 34.2. The molecule has 2 heterocycles. The number of hydrogen-bond donors (Lipinski definition) is 3. The summed E-state index contributed by atoms with van der Waals surface area (Å²) < 4.78 is 18.4. The first-order chi connectivity index (χ1) is 16.9. The van der Waals surface area contributed by atoms with E-state index in [1.54, 1.807) is 0 Å². The Bertz CT molecular complexity index is 980. The molecule has 200 valence electrons. The summed E-state index contributed by atoms with van der Waals surface area (Å²) in [6.07, 6.45) is 3.26. The normalized spacial score (nSPS) is 55.9. The number of esters is 1. The lowest BCUT2D eigenvalue weighted by Gasteiger charge is -2.61. The van der Waals surface area contributed by atoms with Crippen LogP contribution in [-0.2, 0) is 19.0 Å². The van der Waals surface area contributed by atoms with Gasteiger partial charge in [0, 0.05) is 42.4 Å². The first-order valence-electron chi connectivity index (χ1n) is 13.8. The number of hydrogen-bond acceptors (Lipinski definition) is 7. The number of allylic oxidation sites excluding steroid dienone is 1. The molecule has 6 aliphatic rings. The van der Waals surface area contributed by atoms with E-state index in [4.69, 9.17) is 14.2 Å². The summed E-state index contributed by atoms with van der Waals surface area (Å²) in [6, 6.07) is 0. The maximum Gasteiger partial charge on any atom is 0.303 e. The van der Waals surface area contributed by atoms with Crippen molar-refractivity contribution in [3.63, 3.8) is 0 Å². The second-order valence-corrected chi connectivity index (χ2v) is 13.1. The first kappa shape index (κ1) is 25.1. The Morgan fingerprint density at radius 1 is 1.19 bits per heavy atom. The van der Waals surface area contributed by atoms with Crippen molar-refractivity contribution >= 4 is 5.97 Å². The molecule has 7 heteroatoms. The highest BCUT2D eigenvalue weighted by molar-refractivity contribution is 5.66. The second kappa shape index (κ2) is 8.12. The van der Waals surface area contributed by atoms with E-state index in [2.05, 4.69) is 26.5 Å². The van der Waals surface area contributed by atoms with Crippen LogP contribution in [0.1, 0.15) is 66.2 Å². The Balaban J connectivity index is 1.31. The average molecular weight is 503 g/mol. The van der Waals surface area contributed by atoms with Crippen LogP contribution in [0.25, 0.3) is 0 Å². The van der Waals surface area contributed by atoms with Crippen LogP contribution < -0.4 is 0 Å². The molecule has 0 bridgehead atoms. The Morgan fingerprint density at radius 2 is 1.94 bits per heavy atom. The molecule has 0 aromatic carbocycles. The van der Waals surface area contributed by atoms with E-state index in [-0.39, 0.29) is 41.1 Å². The highest BCUT2D eigenvalue weighted by atomic mass is 16.7. The van der Waals surface area contributed by atoms with E-state index in [0.717, 1.165) is 36.8 Å². The fraction of sp³-hybridized carbons (Fsp3) is 0.828. The molecular weight excluding hydrogens is 460 g/mol. The topological polar surface area (TPSA) is 105 Å². The summed E-state index contributed by atoms with van der Waals surface area (Å²) in [5.41, 5.74) is 1.19. The molecule has 2 saturated heterocycles. The maximum atomic E-state index is 11.9. The third kappa shape index (κ3) is 3.13. The van der Waals surface area contributed by atoms with Crippen LogP contribution in [0.3, 0.4) is 0 Å². The number of fused-ring (bicyclic) bond motifs is 7. The predicted octanol–water partition coefficient (Wildman–Crippen LogP) is 3.12. The van der Waals surface area contributed by atoms with E-state index < -0.39 is 41.6 Å².